The molecule has 0 amide bonds. The van der Waals surface area contributed by atoms with E-state index in [1.54, 1.807) is 0 Å². The second kappa shape index (κ2) is 17.9. The Labute approximate surface area is 223 Å². The number of aromatic hydroxyl groups is 1. The average molecular weight is 503 g/mol. The second-order valence-electron chi connectivity index (χ2n) is 12.4. The minimum atomic E-state index is -0.738. The lowest BCUT2D eigenvalue weighted by Gasteiger charge is -2.26. The number of phenols is 1. The van der Waals surface area contributed by atoms with E-state index < -0.39 is 5.97 Å². The van der Waals surface area contributed by atoms with Crippen LogP contribution >= 0.6 is 0 Å². The van der Waals surface area contributed by atoms with Crippen molar-refractivity contribution < 1.29 is 15.0 Å². The van der Waals surface area contributed by atoms with Crippen molar-refractivity contribution in [3.05, 3.63) is 28.8 Å². The molecule has 0 radical (unpaired) electrons. The summed E-state index contributed by atoms with van der Waals surface area (Å²) in [6, 6.07) is 4.13. The standard InChI is InChI=1S/C33H58O3/c1-7-8-9-10-11-12-13-14-15-16-17-18-19-20-21-22-27(25-31(34)35)28-23-29(26(2)3)32(36)30(24-28)33(4,5)6/h23-24,26-27,36H,7-22,25H2,1-6H3,(H,34,35). The zero-order chi connectivity index (χ0) is 27.0. The molecule has 0 fully saturated rings. The number of carboxylic acid groups (broad SMARTS) is 1. The molecular formula is C33H58O3. The number of carbonyl (C=O) groups is 1. The molecule has 1 atom stereocenters. The Hall–Kier alpha value is -1.51. The Morgan fingerprint density at radius 2 is 1.22 bits per heavy atom. The molecule has 0 aromatic heterocycles. The molecule has 1 aromatic rings. The fourth-order valence-electron chi connectivity index (χ4n) is 5.29. The van der Waals surface area contributed by atoms with Crippen molar-refractivity contribution in [1.29, 1.82) is 0 Å². The van der Waals surface area contributed by atoms with Crippen molar-refractivity contribution in [2.24, 2.45) is 0 Å². The van der Waals surface area contributed by atoms with E-state index in [4.69, 9.17) is 0 Å². The van der Waals surface area contributed by atoms with Crippen LogP contribution < -0.4 is 0 Å². The monoisotopic (exact) mass is 502 g/mol. The van der Waals surface area contributed by atoms with Crippen LogP contribution in [0.4, 0.5) is 0 Å². The Bertz CT molecular complexity index is 729. The van der Waals surface area contributed by atoms with Gasteiger partial charge < -0.3 is 10.2 Å². The van der Waals surface area contributed by atoms with Gasteiger partial charge in [0.15, 0.2) is 0 Å². The summed E-state index contributed by atoms with van der Waals surface area (Å²) in [6.45, 7) is 12.8. The molecule has 2 N–H and O–H groups in total. The summed E-state index contributed by atoms with van der Waals surface area (Å²) in [5, 5.41) is 20.5. The summed E-state index contributed by atoms with van der Waals surface area (Å²) < 4.78 is 0. The van der Waals surface area contributed by atoms with Gasteiger partial charge in [0.2, 0.25) is 0 Å². The third kappa shape index (κ3) is 13.2. The lowest BCUT2D eigenvalue weighted by atomic mass is 9.79. The molecule has 1 unspecified atom stereocenters. The van der Waals surface area contributed by atoms with Crippen LogP contribution in [0, 0.1) is 0 Å². The largest absolute Gasteiger partial charge is 0.507 e. The summed E-state index contributed by atoms with van der Waals surface area (Å²) in [4.78, 5) is 11.7. The summed E-state index contributed by atoms with van der Waals surface area (Å²) in [6.07, 6.45) is 21.1. The van der Waals surface area contributed by atoms with Gasteiger partial charge in [-0.15, -0.1) is 0 Å². The first-order valence-corrected chi connectivity index (χ1v) is 15.2. The van der Waals surface area contributed by atoms with E-state index in [0.717, 1.165) is 29.5 Å². The molecule has 0 saturated carbocycles. The SMILES string of the molecule is CCCCCCCCCCCCCCCCCC(CC(=O)O)c1cc(C(C)C)c(O)c(C(C)(C)C)c1. The molecule has 208 valence electrons. The zero-order valence-electron chi connectivity index (χ0n) is 24.6. The zero-order valence-corrected chi connectivity index (χ0v) is 24.6. The van der Waals surface area contributed by atoms with Crippen LogP contribution in [-0.2, 0) is 10.2 Å². The van der Waals surface area contributed by atoms with E-state index >= 15 is 0 Å². The molecule has 3 heteroatoms. The molecular weight excluding hydrogens is 444 g/mol. The predicted molar refractivity (Wildman–Crippen MR) is 155 cm³/mol. The quantitative estimate of drug-likeness (QED) is 0.174. The summed E-state index contributed by atoms with van der Waals surface area (Å²) in [5.41, 5.74) is 2.75. The van der Waals surface area contributed by atoms with E-state index in [2.05, 4.69) is 53.7 Å². The van der Waals surface area contributed by atoms with Gasteiger partial charge in [0.25, 0.3) is 0 Å². The van der Waals surface area contributed by atoms with Crippen molar-refractivity contribution in [1.82, 2.24) is 0 Å². The van der Waals surface area contributed by atoms with Crippen LogP contribution in [0.3, 0.4) is 0 Å². The highest BCUT2D eigenvalue weighted by atomic mass is 16.4. The molecule has 36 heavy (non-hydrogen) atoms. The number of hydrogen-bond donors (Lipinski definition) is 2. The number of phenolic OH excluding ortho intramolecular Hbond substituents is 1. The van der Waals surface area contributed by atoms with E-state index in [1.807, 2.05) is 0 Å². The van der Waals surface area contributed by atoms with Gasteiger partial charge in [-0.2, -0.15) is 0 Å². The highest BCUT2D eigenvalue weighted by Gasteiger charge is 2.25. The maximum Gasteiger partial charge on any atom is 0.303 e. The summed E-state index contributed by atoms with van der Waals surface area (Å²) >= 11 is 0. The molecule has 0 bridgehead atoms. The molecule has 0 aliphatic carbocycles. The Morgan fingerprint density at radius 1 is 0.778 bits per heavy atom. The van der Waals surface area contributed by atoms with Gasteiger partial charge in [0.1, 0.15) is 5.75 Å². The minimum absolute atomic E-state index is 0.00340. The lowest BCUT2D eigenvalue weighted by Crippen LogP contribution is -2.15. The number of unbranched alkanes of at least 4 members (excludes halogenated alkanes) is 14. The number of benzene rings is 1. The van der Waals surface area contributed by atoms with Crippen molar-refractivity contribution >= 4 is 5.97 Å². The van der Waals surface area contributed by atoms with Crippen LogP contribution in [0.5, 0.6) is 5.75 Å². The normalized spacial score (nSPS) is 12.9. The van der Waals surface area contributed by atoms with Gasteiger partial charge in [-0.3, -0.25) is 4.79 Å². The van der Waals surface area contributed by atoms with Gasteiger partial charge in [-0.05, 0) is 40.4 Å². The van der Waals surface area contributed by atoms with Gasteiger partial charge in [0, 0.05) is 0 Å². The van der Waals surface area contributed by atoms with Crippen molar-refractivity contribution in [2.75, 3.05) is 0 Å². The molecule has 1 aromatic carbocycles. The maximum absolute atomic E-state index is 11.7. The first-order valence-electron chi connectivity index (χ1n) is 15.2. The second-order valence-corrected chi connectivity index (χ2v) is 12.4. The molecule has 0 spiro atoms. The van der Waals surface area contributed by atoms with Gasteiger partial charge in [0.05, 0.1) is 6.42 Å². The van der Waals surface area contributed by atoms with Crippen molar-refractivity contribution in [3.8, 4) is 5.75 Å². The fraction of sp³-hybridized carbons (Fsp3) is 0.788. The van der Waals surface area contributed by atoms with E-state index in [1.165, 1.54) is 89.9 Å². The number of hydrogen-bond acceptors (Lipinski definition) is 2. The maximum atomic E-state index is 11.7. The Balaban J connectivity index is 2.43. The first kappa shape index (κ1) is 32.5. The van der Waals surface area contributed by atoms with Crippen molar-refractivity contribution in [2.45, 2.75) is 168 Å². The third-order valence-corrected chi connectivity index (χ3v) is 7.64. The molecule has 3 nitrogen and oxygen atoms in total. The van der Waals surface area contributed by atoms with Crippen LogP contribution in [-0.4, -0.2) is 16.2 Å². The summed E-state index contributed by atoms with van der Waals surface area (Å²) in [7, 11) is 0. The van der Waals surface area contributed by atoms with Crippen LogP contribution in [0.25, 0.3) is 0 Å². The average Bonchev–Trinajstić information content (AvgIpc) is 2.79. The highest BCUT2D eigenvalue weighted by molar-refractivity contribution is 5.68. The third-order valence-electron chi connectivity index (χ3n) is 7.64. The van der Waals surface area contributed by atoms with Crippen LogP contribution in [0.15, 0.2) is 12.1 Å². The number of rotatable bonds is 20. The lowest BCUT2D eigenvalue weighted by molar-refractivity contribution is -0.137. The van der Waals surface area contributed by atoms with Gasteiger partial charge in [-0.1, -0.05) is 150 Å². The number of carboxylic acids is 1. The van der Waals surface area contributed by atoms with Gasteiger partial charge in [-0.25, -0.2) is 0 Å². The Morgan fingerprint density at radius 3 is 1.61 bits per heavy atom. The highest BCUT2D eigenvalue weighted by Crippen LogP contribution is 2.40. The molecule has 0 heterocycles. The topological polar surface area (TPSA) is 57.5 Å². The smallest absolute Gasteiger partial charge is 0.303 e. The number of aliphatic carboxylic acids is 1. The summed E-state index contributed by atoms with van der Waals surface area (Å²) in [5.74, 6) is -0.161. The molecule has 0 saturated heterocycles. The van der Waals surface area contributed by atoms with Crippen LogP contribution in [0.1, 0.15) is 179 Å². The molecule has 0 aliphatic heterocycles. The predicted octanol–water partition coefficient (Wildman–Crippen LogP) is 10.6. The first-order chi connectivity index (χ1) is 17.1. The Kier molecular flexibility index (Phi) is 16.1. The van der Waals surface area contributed by atoms with E-state index in [-0.39, 0.29) is 23.7 Å². The van der Waals surface area contributed by atoms with Crippen LogP contribution in [0.2, 0.25) is 0 Å². The van der Waals surface area contributed by atoms with Gasteiger partial charge >= 0.3 is 5.97 Å². The fourth-order valence-corrected chi connectivity index (χ4v) is 5.29. The minimum Gasteiger partial charge on any atom is -0.507 e. The van der Waals surface area contributed by atoms with E-state index in [9.17, 15) is 15.0 Å². The van der Waals surface area contributed by atoms with Crippen molar-refractivity contribution in [3.63, 3.8) is 0 Å². The van der Waals surface area contributed by atoms with E-state index in [0.29, 0.717) is 5.75 Å². The molecule has 0 aliphatic rings. The molecule has 1 rings (SSSR count).